The van der Waals surface area contributed by atoms with Crippen LogP contribution >= 0.6 is 0 Å². The van der Waals surface area contributed by atoms with Crippen LogP contribution in [0.2, 0.25) is 0 Å². The fourth-order valence-electron chi connectivity index (χ4n) is 3.07. The van der Waals surface area contributed by atoms with Gasteiger partial charge in [0.15, 0.2) is 0 Å². The molecule has 1 aromatic carbocycles. The van der Waals surface area contributed by atoms with E-state index in [-0.39, 0.29) is 5.69 Å². The van der Waals surface area contributed by atoms with Crippen molar-refractivity contribution < 1.29 is 22.9 Å². The van der Waals surface area contributed by atoms with Crippen molar-refractivity contribution in [2.24, 2.45) is 0 Å². The van der Waals surface area contributed by atoms with Crippen LogP contribution in [0.1, 0.15) is 29.9 Å². The molecule has 3 rings (SSSR count). The summed E-state index contributed by atoms with van der Waals surface area (Å²) in [5, 5.41) is 17.0. The van der Waals surface area contributed by atoms with Gasteiger partial charge in [-0.15, -0.1) is 0 Å². The van der Waals surface area contributed by atoms with Crippen LogP contribution in [0.3, 0.4) is 0 Å². The molecule has 0 aliphatic rings. The quantitative estimate of drug-likeness (QED) is 0.484. The van der Waals surface area contributed by atoms with E-state index in [0.717, 1.165) is 18.2 Å². The number of aromatic nitrogens is 3. The number of halogens is 3. The molecule has 0 saturated heterocycles. The Morgan fingerprint density at radius 2 is 1.93 bits per heavy atom. The molecule has 0 aliphatic carbocycles. The van der Waals surface area contributed by atoms with Gasteiger partial charge in [0, 0.05) is 18.1 Å². The lowest BCUT2D eigenvalue weighted by atomic mass is 10.1. The minimum atomic E-state index is -5.00. The number of hydrogen-bond acceptors (Lipinski definition) is 4. The molecular weight excluding hydrogens is 403 g/mol. The second-order valence-electron chi connectivity index (χ2n) is 6.67. The lowest BCUT2D eigenvalue weighted by Gasteiger charge is -2.16. The van der Waals surface area contributed by atoms with Crippen LogP contribution < -0.4 is 5.32 Å². The maximum Gasteiger partial charge on any atom is 0.442 e. The summed E-state index contributed by atoms with van der Waals surface area (Å²) in [7, 11) is 0. The van der Waals surface area contributed by atoms with Gasteiger partial charge in [-0.25, -0.2) is 0 Å². The van der Waals surface area contributed by atoms with Gasteiger partial charge >= 0.3 is 11.9 Å². The Morgan fingerprint density at radius 3 is 2.50 bits per heavy atom. The minimum absolute atomic E-state index is 0.343. The smallest absolute Gasteiger partial charge is 0.348 e. The van der Waals surface area contributed by atoms with Gasteiger partial charge in [0.25, 0.3) is 0 Å². The van der Waals surface area contributed by atoms with Crippen LogP contribution in [0.4, 0.5) is 18.9 Å². The minimum Gasteiger partial charge on any atom is -0.348 e. The van der Waals surface area contributed by atoms with Gasteiger partial charge in [0.05, 0.1) is 11.0 Å². The molecule has 2 aromatic heterocycles. The van der Waals surface area contributed by atoms with E-state index < -0.39 is 41.0 Å². The van der Waals surface area contributed by atoms with Gasteiger partial charge in [-0.2, -0.15) is 18.3 Å². The number of carbonyl (C=O) groups is 1. The van der Waals surface area contributed by atoms with Gasteiger partial charge in [0.1, 0.15) is 12.2 Å². The molecule has 1 amide bonds. The lowest BCUT2D eigenvalue weighted by Crippen LogP contribution is -2.31. The second-order valence-corrected chi connectivity index (χ2v) is 6.67. The first-order valence-electron chi connectivity index (χ1n) is 8.89. The molecular formula is C19H18F3N5O3. The first-order valence-corrected chi connectivity index (χ1v) is 8.89. The summed E-state index contributed by atoms with van der Waals surface area (Å²) in [6.07, 6.45) is -1.26. The molecule has 1 N–H and O–H groups in total. The van der Waals surface area contributed by atoms with Crippen LogP contribution in [-0.2, 0) is 17.5 Å². The molecule has 1 unspecified atom stereocenters. The zero-order valence-corrected chi connectivity index (χ0v) is 16.1. The van der Waals surface area contributed by atoms with E-state index in [4.69, 9.17) is 0 Å². The summed E-state index contributed by atoms with van der Waals surface area (Å²) in [6, 6.07) is 10.7. The number of hydrogen-bond donors (Lipinski definition) is 1. The van der Waals surface area contributed by atoms with Crippen molar-refractivity contribution in [1.82, 2.24) is 19.7 Å². The molecule has 3 aromatic rings. The van der Waals surface area contributed by atoms with Gasteiger partial charge in [0.2, 0.25) is 11.6 Å². The maximum absolute atomic E-state index is 13.0. The summed E-state index contributed by atoms with van der Waals surface area (Å²) in [6.45, 7) is 2.27. The Morgan fingerprint density at radius 1 is 1.27 bits per heavy atom. The largest absolute Gasteiger partial charge is 0.442 e. The third-order valence-corrected chi connectivity index (χ3v) is 4.57. The van der Waals surface area contributed by atoms with Crippen molar-refractivity contribution in [2.75, 3.05) is 0 Å². The number of benzene rings is 1. The predicted octanol–water partition coefficient (Wildman–Crippen LogP) is 3.79. The maximum atomic E-state index is 13.0. The van der Waals surface area contributed by atoms with Gasteiger partial charge in [-0.3, -0.25) is 19.6 Å². The highest BCUT2D eigenvalue weighted by atomic mass is 19.4. The molecule has 158 valence electrons. The van der Waals surface area contributed by atoms with Crippen molar-refractivity contribution in [3.63, 3.8) is 0 Å². The van der Waals surface area contributed by atoms with E-state index in [1.165, 1.54) is 0 Å². The molecule has 2 heterocycles. The van der Waals surface area contributed by atoms with Crippen LogP contribution in [0.5, 0.6) is 0 Å². The highest BCUT2D eigenvalue weighted by Gasteiger charge is 2.44. The molecule has 0 radical (unpaired) electrons. The molecule has 11 heteroatoms. The van der Waals surface area contributed by atoms with Crippen LogP contribution in [0.15, 0.2) is 48.8 Å². The highest BCUT2D eigenvalue weighted by Crippen LogP contribution is 2.36. The van der Waals surface area contributed by atoms with Gasteiger partial charge in [-0.1, -0.05) is 12.1 Å². The number of amides is 1. The first kappa shape index (κ1) is 21.1. The van der Waals surface area contributed by atoms with Crippen molar-refractivity contribution in [3.8, 4) is 5.69 Å². The summed E-state index contributed by atoms with van der Waals surface area (Å²) in [5.74, 6) is -0.622. The number of carbonyl (C=O) groups excluding carboxylic acids is 1. The number of alkyl halides is 3. The Hall–Kier alpha value is -3.63. The van der Waals surface area contributed by atoms with E-state index in [0.29, 0.717) is 4.68 Å². The fraction of sp³-hybridized carbons (Fsp3) is 0.263. The van der Waals surface area contributed by atoms with Gasteiger partial charge < -0.3 is 9.88 Å². The third-order valence-electron chi connectivity index (χ3n) is 4.57. The molecule has 8 nitrogen and oxygen atoms in total. The fourth-order valence-corrected chi connectivity index (χ4v) is 3.07. The third kappa shape index (κ3) is 4.34. The van der Waals surface area contributed by atoms with Crippen molar-refractivity contribution in [1.29, 1.82) is 0 Å². The average molecular weight is 421 g/mol. The van der Waals surface area contributed by atoms with Crippen molar-refractivity contribution in [3.05, 3.63) is 75.9 Å². The molecule has 30 heavy (non-hydrogen) atoms. The standard InChI is InChI=1S/C19H18F3N5O3/c1-12(14-6-5-7-15(10-14)25-8-3-4-9-25)23-16(28)11-26-13(2)17(27(29)30)18(24-26)19(20,21)22/h3-10,12H,11H2,1-2H3,(H,23,28). The molecule has 0 bridgehead atoms. The van der Waals surface area contributed by atoms with Crippen molar-refractivity contribution in [2.45, 2.75) is 32.6 Å². The zero-order chi connectivity index (χ0) is 22.1. The van der Waals surface area contributed by atoms with Crippen LogP contribution in [0.25, 0.3) is 5.69 Å². The Labute approximate surface area is 169 Å². The Balaban J connectivity index is 1.76. The van der Waals surface area contributed by atoms with Crippen LogP contribution in [-0.4, -0.2) is 25.2 Å². The second kappa shape index (κ2) is 8.01. The lowest BCUT2D eigenvalue weighted by molar-refractivity contribution is -0.388. The number of nitro groups is 1. The topological polar surface area (TPSA) is 95.0 Å². The van der Waals surface area contributed by atoms with E-state index in [1.54, 1.807) is 6.92 Å². The van der Waals surface area contributed by atoms with E-state index >= 15 is 0 Å². The molecule has 0 aliphatic heterocycles. The molecule has 0 spiro atoms. The first-order chi connectivity index (χ1) is 14.1. The summed E-state index contributed by atoms with van der Waals surface area (Å²) >= 11 is 0. The predicted molar refractivity (Wildman–Crippen MR) is 101 cm³/mol. The summed E-state index contributed by atoms with van der Waals surface area (Å²) in [5.41, 5.74) is -1.45. The normalized spacial score (nSPS) is 12.6. The Kier molecular flexibility index (Phi) is 5.63. The molecule has 1 atom stereocenters. The molecule has 0 fully saturated rings. The zero-order valence-electron chi connectivity index (χ0n) is 16.1. The van der Waals surface area contributed by atoms with Gasteiger partial charge in [-0.05, 0) is 43.7 Å². The number of rotatable bonds is 6. The average Bonchev–Trinajstić information content (AvgIpc) is 3.30. The molecule has 0 saturated carbocycles. The van der Waals surface area contributed by atoms with Crippen LogP contribution in [0, 0.1) is 17.0 Å². The van der Waals surface area contributed by atoms with E-state index in [2.05, 4.69) is 10.4 Å². The van der Waals surface area contributed by atoms with E-state index in [1.807, 2.05) is 53.4 Å². The Bertz CT molecular complexity index is 1070. The summed E-state index contributed by atoms with van der Waals surface area (Å²) in [4.78, 5) is 22.3. The number of nitrogens with zero attached hydrogens (tertiary/aromatic N) is 4. The monoisotopic (exact) mass is 421 g/mol. The van der Waals surface area contributed by atoms with E-state index in [9.17, 15) is 28.1 Å². The highest BCUT2D eigenvalue weighted by molar-refractivity contribution is 5.76. The summed E-state index contributed by atoms with van der Waals surface area (Å²) < 4.78 is 41.7. The number of nitrogens with one attached hydrogen (secondary N) is 1. The van der Waals surface area contributed by atoms with Crippen molar-refractivity contribution >= 4 is 11.6 Å². The SMILES string of the molecule is Cc1c([N+](=O)[O-])c(C(F)(F)F)nn1CC(=O)NC(C)c1cccc(-n2cccc2)c1.